The quantitative estimate of drug-likeness (QED) is 0.462. The molecule has 0 spiro atoms. The lowest BCUT2D eigenvalue weighted by Crippen LogP contribution is -2.01. The van der Waals surface area contributed by atoms with Crippen molar-refractivity contribution in [2.75, 3.05) is 18.1 Å². The van der Waals surface area contributed by atoms with Gasteiger partial charge in [-0.15, -0.1) is 0 Å². The second-order valence-corrected chi connectivity index (χ2v) is 5.49. The van der Waals surface area contributed by atoms with Crippen LogP contribution in [0.3, 0.4) is 0 Å². The van der Waals surface area contributed by atoms with Gasteiger partial charge in [-0.3, -0.25) is 0 Å². The zero-order chi connectivity index (χ0) is 14.6. The maximum Gasteiger partial charge on any atom is 0.0737 e. The lowest BCUT2D eigenvalue weighted by Gasteiger charge is -2.08. The first kappa shape index (κ1) is 16.8. The smallest absolute Gasteiger partial charge is 0.0737 e. The van der Waals surface area contributed by atoms with Gasteiger partial charge in [0.15, 0.2) is 0 Å². The molecule has 0 radical (unpaired) electrons. The van der Waals surface area contributed by atoms with Crippen molar-refractivity contribution >= 4 is 11.4 Å². The Balaban J connectivity index is 1.98. The van der Waals surface area contributed by atoms with Crippen molar-refractivity contribution in [3.8, 4) is 0 Å². The van der Waals surface area contributed by atoms with Crippen LogP contribution in [0.15, 0.2) is 18.2 Å². The van der Waals surface area contributed by atoms with E-state index in [0.29, 0.717) is 6.61 Å². The number of nitrogen functional groups attached to an aromatic ring is 2. The lowest BCUT2D eigenvalue weighted by molar-refractivity contribution is 0.117. The zero-order valence-corrected chi connectivity index (χ0v) is 12.9. The molecule has 0 bridgehead atoms. The summed E-state index contributed by atoms with van der Waals surface area (Å²) in [4.78, 5) is 0. The molecule has 1 aromatic rings. The summed E-state index contributed by atoms with van der Waals surface area (Å²) < 4.78 is 5.67. The van der Waals surface area contributed by atoms with Crippen LogP contribution in [-0.4, -0.2) is 6.61 Å². The molecule has 0 atom stereocenters. The van der Waals surface area contributed by atoms with E-state index in [-0.39, 0.29) is 0 Å². The van der Waals surface area contributed by atoms with Crippen molar-refractivity contribution in [2.24, 2.45) is 0 Å². The molecule has 1 rings (SSSR count). The summed E-state index contributed by atoms with van der Waals surface area (Å²) in [7, 11) is 0. The van der Waals surface area contributed by atoms with Gasteiger partial charge in [-0.25, -0.2) is 0 Å². The molecule has 3 heteroatoms. The Morgan fingerprint density at radius 1 is 0.900 bits per heavy atom. The van der Waals surface area contributed by atoms with E-state index in [9.17, 15) is 0 Å². The molecule has 0 aliphatic rings. The molecule has 20 heavy (non-hydrogen) atoms. The summed E-state index contributed by atoms with van der Waals surface area (Å²) in [5.41, 5.74) is 14.1. The number of unbranched alkanes of at least 4 members (excludes halogenated alkanes) is 7. The van der Waals surface area contributed by atoms with E-state index in [1.807, 2.05) is 18.2 Å². The van der Waals surface area contributed by atoms with Crippen LogP contribution in [0.25, 0.3) is 0 Å². The van der Waals surface area contributed by atoms with E-state index in [1.54, 1.807) is 0 Å². The second-order valence-electron chi connectivity index (χ2n) is 5.49. The van der Waals surface area contributed by atoms with Gasteiger partial charge < -0.3 is 16.2 Å². The Morgan fingerprint density at radius 3 is 2.25 bits per heavy atom. The third kappa shape index (κ3) is 7.39. The molecule has 0 heterocycles. The number of nitrogens with two attached hydrogens (primary N) is 2. The standard InChI is InChI=1S/C17H30N2O/c1-2-3-4-5-6-7-8-9-12-20-14-15-13-16(18)10-11-17(15)19/h10-11,13H,2-9,12,14,18-19H2,1H3. The van der Waals surface area contributed by atoms with Gasteiger partial charge in [-0.1, -0.05) is 51.9 Å². The fourth-order valence-electron chi connectivity index (χ4n) is 2.27. The van der Waals surface area contributed by atoms with Crippen molar-refractivity contribution in [2.45, 2.75) is 64.9 Å². The fraction of sp³-hybridized carbons (Fsp3) is 0.647. The second kappa shape index (κ2) is 10.6. The molecule has 3 nitrogen and oxygen atoms in total. The van der Waals surface area contributed by atoms with Crippen LogP contribution in [0.1, 0.15) is 63.9 Å². The van der Waals surface area contributed by atoms with E-state index in [2.05, 4.69) is 6.92 Å². The third-order valence-corrected chi connectivity index (χ3v) is 3.57. The highest BCUT2D eigenvalue weighted by Crippen LogP contribution is 2.16. The van der Waals surface area contributed by atoms with Crippen LogP contribution in [0, 0.1) is 0 Å². The minimum Gasteiger partial charge on any atom is -0.399 e. The normalized spacial score (nSPS) is 10.8. The van der Waals surface area contributed by atoms with Crippen LogP contribution >= 0.6 is 0 Å². The number of hydrogen-bond acceptors (Lipinski definition) is 3. The Kier molecular flexibility index (Phi) is 8.88. The third-order valence-electron chi connectivity index (χ3n) is 3.57. The molecular formula is C17H30N2O. The molecule has 0 aliphatic carbocycles. The van der Waals surface area contributed by atoms with Gasteiger partial charge in [0.05, 0.1) is 6.61 Å². The predicted molar refractivity (Wildman–Crippen MR) is 87.5 cm³/mol. The van der Waals surface area contributed by atoms with Crippen LogP contribution in [0.5, 0.6) is 0 Å². The summed E-state index contributed by atoms with van der Waals surface area (Å²) in [5.74, 6) is 0. The monoisotopic (exact) mass is 278 g/mol. The van der Waals surface area contributed by atoms with Crippen molar-refractivity contribution in [1.29, 1.82) is 0 Å². The summed E-state index contributed by atoms with van der Waals surface area (Å²) in [5, 5.41) is 0. The van der Waals surface area contributed by atoms with Crippen LogP contribution in [0.4, 0.5) is 11.4 Å². The molecule has 114 valence electrons. The van der Waals surface area contributed by atoms with Crippen molar-refractivity contribution in [3.63, 3.8) is 0 Å². The van der Waals surface area contributed by atoms with Gasteiger partial charge in [0.1, 0.15) is 0 Å². The van der Waals surface area contributed by atoms with Gasteiger partial charge in [-0.2, -0.15) is 0 Å². The lowest BCUT2D eigenvalue weighted by atomic mass is 10.1. The molecule has 0 saturated carbocycles. The molecule has 1 aromatic carbocycles. The maximum atomic E-state index is 5.87. The Labute approximate surface area is 123 Å². The number of benzene rings is 1. The first-order valence-corrected chi connectivity index (χ1v) is 7.95. The van der Waals surface area contributed by atoms with Crippen molar-refractivity contribution in [3.05, 3.63) is 23.8 Å². The molecule has 0 aliphatic heterocycles. The zero-order valence-electron chi connectivity index (χ0n) is 12.9. The number of hydrogen-bond donors (Lipinski definition) is 2. The average molecular weight is 278 g/mol. The largest absolute Gasteiger partial charge is 0.399 e. The van der Waals surface area contributed by atoms with Gasteiger partial charge >= 0.3 is 0 Å². The average Bonchev–Trinajstić information content (AvgIpc) is 2.44. The first-order valence-electron chi connectivity index (χ1n) is 7.95. The fourth-order valence-corrected chi connectivity index (χ4v) is 2.27. The Morgan fingerprint density at radius 2 is 1.55 bits per heavy atom. The van der Waals surface area contributed by atoms with E-state index in [0.717, 1.165) is 30.0 Å². The molecule has 0 saturated heterocycles. The minimum absolute atomic E-state index is 0.563. The van der Waals surface area contributed by atoms with Crippen molar-refractivity contribution < 1.29 is 4.74 Å². The summed E-state index contributed by atoms with van der Waals surface area (Å²) in [6.07, 6.45) is 10.6. The summed E-state index contributed by atoms with van der Waals surface area (Å²) in [6, 6.07) is 5.55. The Bertz CT molecular complexity index is 366. The van der Waals surface area contributed by atoms with Crippen LogP contribution < -0.4 is 11.5 Å². The van der Waals surface area contributed by atoms with Crippen LogP contribution in [0.2, 0.25) is 0 Å². The van der Waals surface area contributed by atoms with E-state index in [1.165, 1.54) is 44.9 Å². The van der Waals surface area contributed by atoms with E-state index < -0.39 is 0 Å². The first-order chi connectivity index (χ1) is 9.74. The molecular weight excluding hydrogens is 248 g/mol. The van der Waals surface area contributed by atoms with E-state index in [4.69, 9.17) is 16.2 Å². The van der Waals surface area contributed by atoms with Gasteiger partial charge in [0, 0.05) is 23.5 Å². The number of anilines is 2. The Hall–Kier alpha value is -1.22. The number of ether oxygens (including phenoxy) is 1. The summed E-state index contributed by atoms with van der Waals surface area (Å²) >= 11 is 0. The number of rotatable bonds is 11. The minimum atomic E-state index is 0.563. The summed E-state index contributed by atoms with van der Waals surface area (Å²) in [6.45, 7) is 3.63. The molecule has 0 aromatic heterocycles. The van der Waals surface area contributed by atoms with Gasteiger partial charge in [0.2, 0.25) is 0 Å². The van der Waals surface area contributed by atoms with Gasteiger partial charge in [-0.05, 0) is 24.6 Å². The molecule has 0 fully saturated rings. The molecule has 4 N–H and O–H groups in total. The molecule has 0 amide bonds. The maximum absolute atomic E-state index is 5.87. The van der Waals surface area contributed by atoms with Gasteiger partial charge in [0.25, 0.3) is 0 Å². The highest BCUT2D eigenvalue weighted by molar-refractivity contribution is 5.54. The van der Waals surface area contributed by atoms with Crippen molar-refractivity contribution in [1.82, 2.24) is 0 Å². The highest BCUT2D eigenvalue weighted by Gasteiger charge is 2.00. The van der Waals surface area contributed by atoms with Crippen LogP contribution in [-0.2, 0) is 11.3 Å². The topological polar surface area (TPSA) is 61.3 Å². The SMILES string of the molecule is CCCCCCCCCCOCc1cc(N)ccc1N. The predicted octanol–water partition coefficient (Wildman–Crippen LogP) is 4.51. The molecule has 0 unspecified atom stereocenters. The highest BCUT2D eigenvalue weighted by atomic mass is 16.5. The van der Waals surface area contributed by atoms with E-state index >= 15 is 0 Å².